The number of anilines is 1. The molecule has 0 unspecified atom stereocenters. The molecular formula is C20H20N2O4S. The molecule has 1 N–H and O–H groups in total. The van der Waals surface area contributed by atoms with Crippen molar-refractivity contribution in [2.24, 2.45) is 0 Å². The molecule has 7 heteroatoms. The average Bonchev–Trinajstić information content (AvgIpc) is 3.15. The number of carbonyl (C=O) groups excluding carboxylic acids is 1. The van der Waals surface area contributed by atoms with Crippen LogP contribution in [0.25, 0.3) is 11.3 Å². The van der Waals surface area contributed by atoms with Gasteiger partial charge in [-0.05, 0) is 29.8 Å². The molecule has 140 valence electrons. The van der Waals surface area contributed by atoms with Gasteiger partial charge in [-0.2, -0.15) is 0 Å². The summed E-state index contributed by atoms with van der Waals surface area (Å²) in [6.07, 6.45) is 0.248. The molecule has 6 nitrogen and oxygen atoms in total. The Balaban J connectivity index is 1.71. The van der Waals surface area contributed by atoms with Crippen LogP contribution in [0.3, 0.4) is 0 Å². The Morgan fingerprint density at radius 1 is 1.04 bits per heavy atom. The lowest BCUT2D eigenvalue weighted by Gasteiger charge is -2.08. The average molecular weight is 384 g/mol. The van der Waals surface area contributed by atoms with E-state index in [1.54, 1.807) is 27.4 Å². The van der Waals surface area contributed by atoms with Crippen molar-refractivity contribution in [1.29, 1.82) is 0 Å². The summed E-state index contributed by atoms with van der Waals surface area (Å²) in [5.41, 5.74) is 2.44. The summed E-state index contributed by atoms with van der Waals surface area (Å²) in [6, 6.07) is 13.0. The van der Waals surface area contributed by atoms with Crippen LogP contribution >= 0.6 is 11.3 Å². The highest BCUT2D eigenvalue weighted by Crippen LogP contribution is 2.34. The standard InChI is InChI=1S/C20H20N2O4S/c1-24-14-6-4-5-13(9-14)10-19(23)22-20-21-17(12-27-20)16-8-7-15(25-2)11-18(16)26-3/h4-9,11-12H,10H2,1-3H3,(H,21,22,23). The van der Waals surface area contributed by atoms with Gasteiger partial charge in [-0.3, -0.25) is 4.79 Å². The first-order chi connectivity index (χ1) is 13.1. The number of amides is 1. The lowest BCUT2D eigenvalue weighted by atomic mass is 10.1. The normalized spacial score (nSPS) is 10.3. The molecule has 27 heavy (non-hydrogen) atoms. The summed E-state index contributed by atoms with van der Waals surface area (Å²) in [4.78, 5) is 16.8. The number of nitrogens with one attached hydrogen (secondary N) is 1. The van der Waals surface area contributed by atoms with E-state index in [2.05, 4.69) is 10.3 Å². The van der Waals surface area contributed by atoms with E-state index < -0.39 is 0 Å². The Hall–Kier alpha value is -3.06. The largest absolute Gasteiger partial charge is 0.497 e. The quantitative estimate of drug-likeness (QED) is 0.666. The fraction of sp³-hybridized carbons (Fsp3) is 0.200. The van der Waals surface area contributed by atoms with E-state index in [4.69, 9.17) is 14.2 Å². The fourth-order valence-electron chi connectivity index (χ4n) is 2.60. The van der Waals surface area contributed by atoms with Gasteiger partial charge in [0.05, 0.1) is 33.4 Å². The van der Waals surface area contributed by atoms with E-state index in [-0.39, 0.29) is 12.3 Å². The summed E-state index contributed by atoms with van der Waals surface area (Å²) in [6.45, 7) is 0. The van der Waals surface area contributed by atoms with E-state index >= 15 is 0 Å². The van der Waals surface area contributed by atoms with Crippen molar-refractivity contribution in [2.45, 2.75) is 6.42 Å². The van der Waals surface area contributed by atoms with Gasteiger partial charge in [0.2, 0.25) is 5.91 Å². The zero-order chi connectivity index (χ0) is 19.2. The summed E-state index contributed by atoms with van der Waals surface area (Å²) >= 11 is 1.37. The fourth-order valence-corrected chi connectivity index (χ4v) is 3.32. The topological polar surface area (TPSA) is 69.7 Å². The van der Waals surface area contributed by atoms with Crippen LogP contribution in [0.15, 0.2) is 47.8 Å². The van der Waals surface area contributed by atoms with Crippen molar-refractivity contribution in [3.8, 4) is 28.5 Å². The molecule has 3 aromatic rings. The highest BCUT2D eigenvalue weighted by atomic mass is 32.1. The van der Waals surface area contributed by atoms with Crippen molar-refractivity contribution < 1.29 is 19.0 Å². The number of nitrogens with zero attached hydrogens (tertiary/aromatic N) is 1. The van der Waals surface area contributed by atoms with Crippen LogP contribution < -0.4 is 19.5 Å². The predicted molar refractivity (Wildman–Crippen MR) is 106 cm³/mol. The second kappa shape index (κ2) is 8.55. The maximum atomic E-state index is 12.3. The SMILES string of the molecule is COc1cccc(CC(=O)Nc2nc(-c3ccc(OC)cc3OC)cs2)c1. The molecule has 2 aromatic carbocycles. The minimum Gasteiger partial charge on any atom is -0.497 e. The third-order valence-electron chi connectivity index (χ3n) is 3.93. The highest BCUT2D eigenvalue weighted by Gasteiger charge is 2.13. The first kappa shape index (κ1) is 18.7. The van der Waals surface area contributed by atoms with E-state index in [1.165, 1.54) is 11.3 Å². The lowest BCUT2D eigenvalue weighted by Crippen LogP contribution is -2.14. The highest BCUT2D eigenvalue weighted by molar-refractivity contribution is 7.14. The Kier molecular flexibility index (Phi) is 5.93. The summed E-state index contributed by atoms with van der Waals surface area (Å²) in [5, 5.41) is 5.26. The molecule has 0 saturated carbocycles. The van der Waals surface area contributed by atoms with Crippen molar-refractivity contribution in [3.63, 3.8) is 0 Å². The smallest absolute Gasteiger partial charge is 0.230 e. The van der Waals surface area contributed by atoms with E-state index in [9.17, 15) is 4.79 Å². The van der Waals surface area contributed by atoms with Gasteiger partial charge in [0.1, 0.15) is 17.2 Å². The van der Waals surface area contributed by atoms with Crippen molar-refractivity contribution in [2.75, 3.05) is 26.6 Å². The monoisotopic (exact) mass is 384 g/mol. The third-order valence-corrected chi connectivity index (χ3v) is 4.69. The van der Waals surface area contributed by atoms with Gasteiger partial charge in [-0.15, -0.1) is 11.3 Å². The molecule has 0 atom stereocenters. The van der Waals surface area contributed by atoms with Gasteiger partial charge in [-0.1, -0.05) is 12.1 Å². The second-order valence-electron chi connectivity index (χ2n) is 5.68. The Morgan fingerprint density at radius 2 is 1.81 bits per heavy atom. The van der Waals surface area contributed by atoms with E-state index in [0.717, 1.165) is 22.6 Å². The molecule has 0 spiro atoms. The number of rotatable bonds is 7. The predicted octanol–water partition coefficient (Wildman–Crippen LogP) is 4.02. The van der Waals surface area contributed by atoms with Gasteiger partial charge >= 0.3 is 0 Å². The summed E-state index contributed by atoms with van der Waals surface area (Å²) in [7, 11) is 4.80. The number of thiazole rings is 1. The first-order valence-corrected chi connectivity index (χ1v) is 9.11. The molecule has 1 aromatic heterocycles. The van der Waals surface area contributed by atoms with Crippen LogP contribution in [0.1, 0.15) is 5.56 Å². The van der Waals surface area contributed by atoms with Gasteiger partial charge in [0.25, 0.3) is 0 Å². The second-order valence-corrected chi connectivity index (χ2v) is 6.54. The number of benzene rings is 2. The first-order valence-electron chi connectivity index (χ1n) is 8.23. The number of methoxy groups -OCH3 is 3. The van der Waals surface area contributed by atoms with Crippen LogP contribution in [0.5, 0.6) is 17.2 Å². The van der Waals surface area contributed by atoms with Gasteiger partial charge in [0.15, 0.2) is 5.13 Å². The molecule has 0 aliphatic rings. The Bertz CT molecular complexity index is 939. The van der Waals surface area contributed by atoms with Gasteiger partial charge in [0, 0.05) is 17.0 Å². The summed E-state index contributed by atoms with van der Waals surface area (Å²) in [5.74, 6) is 1.96. The summed E-state index contributed by atoms with van der Waals surface area (Å²) < 4.78 is 15.8. The minimum absolute atomic E-state index is 0.133. The lowest BCUT2D eigenvalue weighted by molar-refractivity contribution is -0.115. The van der Waals surface area contributed by atoms with Gasteiger partial charge < -0.3 is 19.5 Å². The maximum Gasteiger partial charge on any atom is 0.230 e. The van der Waals surface area contributed by atoms with Gasteiger partial charge in [-0.25, -0.2) is 4.98 Å². The van der Waals surface area contributed by atoms with E-state index in [1.807, 2.05) is 41.8 Å². The van der Waals surface area contributed by atoms with Crippen LogP contribution in [-0.4, -0.2) is 32.2 Å². The van der Waals surface area contributed by atoms with E-state index in [0.29, 0.717) is 16.6 Å². The van der Waals surface area contributed by atoms with Crippen molar-refractivity contribution >= 4 is 22.4 Å². The zero-order valence-corrected chi connectivity index (χ0v) is 16.1. The molecule has 1 heterocycles. The number of ether oxygens (including phenoxy) is 3. The van der Waals surface area contributed by atoms with Crippen molar-refractivity contribution in [1.82, 2.24) is 4.98 Å². The number of hydrogen-bond acceptors (Lipinski definition) is 6. The van der Waals surface area contributed by atoms with Crippen molar-refractivity contribution in [3.05, 3.63) is 53.4 Å². The number of carbonyl (C=O) groups is 1. The molecule has 0 saturated heterocycles. The molecule has 0 fully saturated rings. The molecule has 3 rings (SSSR count). The van der Waals surface area contributed by atoms with Crippen LogP contribution in [0.4, 0.5) is 5.13 Å². The molecule has 0 aliphatic heterocycles. The van der Waals surface area contributed by atoms with Crippen LogP contribution in [-0.2, 0) is 11.2 Å². The number of aromatic nitrogens is 1. The molecule has 0 bridgehead atoms. The third kappa shape index (κ3) is 4.57. The molecular weight excluding hydrogens is 364 g/mol. The molecule has 1 amide bonds. The molecule has 0 radical (unpaired) electrons. The van der Waals surface area contributed by atoms with Crippen LogP contribution in [0.2, 0.25) is 0 Å². The molecule has 0 aliphatic carbocycles. The van der Waals surface area contributed by atoms with Crippen LogP contribution in [0, 0.1) is 0 Å². The zero-order valence-electron chi connectivity index (χ0n) is 15.3. The maximum absolute atomic E-state index is 12.3. The Morgan fingerprint density at radius 3 is 2.56 bits per heavy atom. The Labute approximate surface area is 161 Å². The number of hydrogen-bond donors (Lipinski definition) is 1. The minimum atomic E-state index is -0.133.